The second kappa shape index (κ2) is 3.48. The van der Waals surface area contributed by atoms with Crippen LogP contribution in [0.25, 0.3) is 21.5 Å². The zero-order chi connectivity index (χ0) is 12.3. The molecule has 0 bridgehead atoms. The number of rotatable bonds is 0. The lowest BCUT2D eigenvalue weighted by Gasteiger charge is -2.20. The van der Waals surface area contributed by atoms with Gasteiger partial charge in [0.25, 0.3) is 0 Å². The molecule has 0 heterocycles. The molecule has 0 saturated heterocycles. The van der Waals surface area contributed by atoms with Crippen LogP contribution in [0.5, 0.6) is 5.75 Å². The number of aryl methyl sites for hydroxylation is 2. The van der Waals surface area contributed by atoms with Crippen molar-refractivity contribution in [3.05, 3.63) is 52.0 Å². The van der Waals surface area contributed by atoms with Gasteiger partial charge in [-0.05, 0) is 52.3 Å². The molecule has 0 aliphatic heterocycles. The highest BCUT2D eigenvalue weighted by Gasteiger charge is 2.18. The van der Waals surface area contributed by atoms with Crippen LogP contribution in [-0.2, 0) is 12.8 Å². The van der Waals surface area contributed by atoms with Gasteiger partial charge in [0.15, 0.2) is 0 Å². The standard InChI is InChI=1S/C16H11BrO/c17-13-7-3-9-2-6-12-14(18)8-4-10-1-5-11(13)15(9)16(10)12/h2-4,6-8,18H,1,5H2. The van der Waals surface area contributed by atoms with E-state index >= 15 is 0 Å². The Morgan fingerprint density at radius 1 is 0.889 bits per heavy atom. The smallest absolute Gasteiger partial charge is 0.123 e. The fourth-order valence-electron chi connectivity index (χ4n) is 3.08. The quantitative estimate of drug-likeness (QED) is 0.603. The summed E-state index contributed by atoms with van der Waals surface area (Å²) >= 11 is 3.65. The number of hydrogen-bond acceptors (Lipinski definition) is 1. The first kappa shape index (κ1) is 10.4. The summed E-state index contributed by atoms with van der Waals surface area (Å²) < 4.78 is 1.18. The minimum Gasteiger partial charge on any atom is -0.507 e. The molecule has 0 radical (unpaired) electrons. The fraction of sp³-hybridized carbons (Fsp3) is 0.125. The van der Waals surface area contributed by atoms with Gasteiger partial charge in [-0.3, -0.25) is 0 Å². The van der Waals surface area contributed by atoms with E-state index in [-0.39, 0.29) is 0 Å². The summed E-state index contributed by atoms with van der Waals surface area (Å²) in [4.78, 5) is 0. The summed E-state index contributed by atoms with van der Waals surface area (Å²) in [6.45, 7) is 0. The van der Waals surface area contributed by atoms with Gasteiger partial charge >= 0.3 is 0 Å². The van der Waals surface area contributed by atoms with Gasteiger partial charge in [0, 0.05) is 9.86 Å². The molecule has 88 valence electrons. The molecular formula is C16H11BrO. The molecule has 3 aromatic rings. The summed E-state index contributed by atoms with van der Waals surface area (Å²) in [6.07, 6.45) is 2.11. The van der Waals surface area contributed by atoms with Crippen LogP contribution in [0.3, 0.4) is 0 Å². The van der Waals surface area contributed by atoms with E-state index in [9.17, 15) is 5.11 Å². The van der Waals surface area contributed by atoms with Crippen LogP contribution in [0, 0.1) is 0 Å². The Balaban J connectivity index is 2.38. The molecule has 0 fully saturated rings. The Kier molecular flexibility index (Phi) is 2.01. The summed E-state index contributed by atoms with van der Waals surface area (Å²) in [5, 5.41) is 14.8. The van der Waals surface area contributed by atoms with Crippen molar-refractivity contribution in [1.82, 2.24) is 0 Å². The van der Waals surface area contributed by atoms with E-state index in [2.05, 4.69) is 40.2 Å². The molecule has 0 amide bonds. The Hall–Kier alpha value is -1.54. The first-order chi connectivity index (χ1) is 8.75. The molecule has 18 heavy (non-hydrogen) atoms. The van der Waals surface area contributed by atoms with E-state index in [0.29, 0.717) is 5.75 Å². The van der Waals surface area contributed by atoms with Gasteiger partial charge in [0.1, 0.15) is 5.75 Å². The van der Waals surface area contributed by atoms with Crippen LogP contribution in [-0.4, -0.2) is 5.11 Å². The molecule has 0 atom stereocenters. The average molecular weight is 299 g/mol. The maximum atomic E-state index is 10.0. The average Bonchev–Trinajstić information content (AvgIpc) is 2.40. The van der Waals surface area contributed by atoms with Crippen molar-refractivity contribution in [3.8, 4) is 5.75 Å². The lowest BCUT2D eigenvalue weighted by Crippen LogP contribution is -2.02. The topological polar surface area (TPSA) is 20.2 Å². The molecule has 1 N–H and O–H groups in total. The Labute approximate surface area is 113 Å². The van der Waals surface area contributed by atoms with E-state index in [4.69, 9.17) is 0 Å². The number of halogens is 1. The van der Waals surface area contributed by atoms with Crippen molar-refractivity contribution >= 4 is 37.5 Å². The van der Waals surface area contributed by atoms with Gasteiger partial charge in [0.05, 0.1) is 0 Å². The monoisotopic (exact) mass is 298 g/mol. The first-order valence-corrected chi connectivity index (χ1v) is 6.89. The number of aromatic hydroxyl groups is 1. The van der Waals surface area contributed by atoms with Crippen molar-refractivity contribution in [3.63, 3.8) is 0 Å². The van der Waals surface area contributed by atoms with Crippen LogP contribution in [0.2, 0.25) is 0 Å². The Morgan fingerprint density at radius 3 is 2.61 bits per heavy atom. The van der Waals surface area contributed by atoms with Crippen molar-refractivity contribution in [2.45, 2.75) is 12.8 Å². The molecule has 0 spiro atoms. The second-order valence-corrected chi connectivity index (χ2v) is 5.71. The zero-order valence-corrected chi connectivity index (χ0v) is 11.3. The molecule has 0 aromatic heterocycles. The highest BCUT2D eigenvalue weighted by Crippen LogP contribution is 2.41. The number of benzene rings is 3. The second-order valence-electron chi connectivity index (χ2n) is 4.86. The van der Waals surface area contributed by atoms with E-state index in [1.54, 1.807) is 0 Å². The zero-order valence-electron chi connectivity index (χ0n) is 9.70. The number of phenols is 1. The van der Waals surface area contributed by atoms with Crippen molar-refractivity contribution < 1.29 is 5.11 Å². The lowest BCUT2D eigenvalue weighted by atomic mass is 9.86. The maximum Gasteiger partial charge on any atom is 0.123 e. The largest absolute Gasteiger partial charge is 0.507 e. The summed E-state index contributed by atoms with van der Waals surface area (Å²) in [6, 6.07) is 12.3. The number of hydrogen-bond donors (Lipinski definition) is 1. The molecule has 3 aromatic carbocycles. The molecule has 4 rings (SSSR count). The first-order valence-electron chi connectivity index (χ1n) is 6.10. The third kappa shape index (κ3) is 1.21. The maximum absolute atomic E-state index is 10.0. The number of phenolic OH excluding ortho intramolecular Hbond substituents is 1. The van der Waals surface area contributed by atoms with E-state index in [1.165, 1.54) is 31.8 Å². The molecule has 1 aliphatic carbocycles. The van der Waals surface area contributed by atoms with Crippen molar-refractivity contribution in [2.75, 3.05) is 0 Å². The fourth-order valence-corrected chi connectivity index (χ4v) is 3.61. The molecule has 1 aliphatic rings. The minimum absolute atomic E-state index is 0.378. The molecule has 0 saturated carbocycles. The highest BCUT2D eigenvalue weighted by molar-refractivity contribution is 9.10. The minimum atomic E-state index is 0.378. The van der Waals surface area contributed by atoms with Crippen LogP contribution < -0.4 is 0 Å². The van der Waals surface area contributed by atoms with Gasteiger partial charge in [-0.15, -0.1) is 0 Å². The predicted molar refractivity (Wildman–Crippen MR) is 78.2 cm³/mol. The third-order valence-electron chi connectivity index (χ3n) is 3.92. The van der Waals surface area contributed by atoms with Crippen LogP contribution >= 0.6 is 15.9 Å². The summed E-state index contributed by atoms with van der Waals surface area (Å²) in [5.41, 5.74) is 2.72. The van der Waals surface area contributed by atoms with Crippen LogP contribution in [0.1, 0.15) is 11.1 Å². The Morgan fingerprint density at radius 2 is 1.72 bits per heavy atom. The molecule has 1 nitrogen and oxygen atoms in total. The van der Waals surface area contributed by atoms with E-state index in [0.717, 1.165) is 18.2 Å². The lowest BCUT2D eigenvalue weighted by molar-refractivity contribution is 0.481. The Bertz CT molecular complexity index is 805. The van der Waals surface area contributed by atoms with E-state index in [1.807, 2.05) is 12.1 Å². The van der Waals surface area contributed by atoms with Crippen molar-refractivity contribution in [1.29, 1.82) is 0 Å². The highest BCUT2D eigenvalue weighted by atomic mass is 79.9. The normalized spacial score (nSPS) is 13.6. The van der Waals surface area contributed by atoms with Gasteiger partial charge < -0.3 is 5.11 Å². The van der Waals surface area contributed by atoms with Crippen molar-refractivity contribution in [2.24, 2.45) is 0 Å². The van der Waals surface area contributed by atoms with Gasteiger partial charge in [-0.1, -0.05) is 40.2 Å². The van der Waals surface area contributed by atoms with Gasteiger partial charge in [-0.25, -0.2) is 0 Å². The van der Waals surface area contributed by atoms with Crippen LogP contribution in [0.4, 0.5) is 0 Å². The van der Waals surface area contributed by atoms with Crippen LogP contribution in [0.15, 0.2) is 40.9 Å². The SMILES string of the molecule is Oc1ccc2c3c1ccc1ccc(Br)c(c13)CC2. The third-order valence-corrected chi connectivity index (χ3v) is 4.66. The molecule has 0 unspecified atom stereocenters. The molecular weight excluding hydrogens is 288 g/mol. The van der Waals surface area contributed by atoms with Gasteiger partial charge in [0.2, 0.25) is 0 Å². The van der Waals surface area contributed by atoms with Gasteiger partial charge in [-0.2, -0.15) is 0 Å². The summed E-state index contributed by atoms with van der Waals surface area (Å²) in [7, 11) is 0. The predicted octanol–water partition coefficient (Wildman–Crippen LogP) is 4.56. The summed E-state index contributed by atoms with van der Waals surface area (Å²) in [5.74, 6) is 0.378. The molecule has 2 heteroatoms. The van der Waals surface area contributed by atoms with E-state index < -0.39 is 0 Å².